The molecule has 1 N–H and O–H groups in total. The Morgan fingerprint density at radius 1 is 1.29 bits per heavy atom. The average molecular weight is 579 g/mol. The van der Waals surface area contributed by atoms with Gasteiger partial charge in [0, 0.05) is 11.1 Å². The van der Waals surface area contributed by atoms with E-state index >= 15 is 0 Å². The van der Waals surface area contributed by atoms with Gasteiger partial charge in [-0.3, -0.25) is 9.69 Å². The summed E-state index contributed by atoms with van der Waals surface area (Å²) in [7, 11) is 0. The van der Waals surface area contributed by atoms with Crippen LogP contribution in [-0.4, -0.2) is 52.1 Å². The van der Waals surface area contributed by atoms with Crippen molar-refractivity contribution in [3.05, 3.63) is 62.5 Å². The summed E-state index contributed by atoms with van der Waals surface area (Å²) in [6, 6.07) is 10.1. The number of carbonyl (C=O) groups excluding carboxylic acids is 1. The molecule has 2 aliphatic heterocycles. The molecular formula is C25H24BrNO6S2. The molecule has 2 aromatic carbocycles. The van der Waals surface area contributed by atoms with E-state index in [1.165, 1.54) is 11.8 Å². The van der Waals surface area contributed by atoms with E-state index in [-0.39, 0.29) is 24.2 Å². The minimum absolute atomic E-state index is 0.0323. The first kappa shape index (κ1) is 25.7. The van der Waals surface area contributed by atoms with Gasteiger partial charge in [0.25, 0.3) is 5.91 Å². The third-order valence-electron chi connectivity index (χ3n) is 5.53. The number of benzene rings is 2. The van der Waals surface area contributed by atoms with Crippen LogP contribution in [0.15, 0.2) is 45.8 Å². The molecule has 2 saturated heterocycles. The number of carboxylic acids is 1. The number of nitrogens with zero attached hydrogens (tertiary/aromatic N) is 1. The topological polar surface area (TPSA) is 85.3 Å². The van der Waals surface area contributed by atoms with Gasteiger partial charge < -0.3 is 19.3 Å². The Labute approximate surface area is 221 Å². The number of amides is 1. The maximum atomic E-state index is 13.0. The molecule has 4 rings (SSSR count). The number of thiocarbonyl (C=S) groups is 1. The molecule has 1 amide bonds. The summed E-state index contributed by atoms with van der Waals surface area (Å²) in [4.78, 5) is 26.2. The van der Waals surface area contributed by atoms with E-state index in [1.807, 2.05) is 13.0 Å². The second-order valence-corrected chi connectivity index (χ2v) is 10.5. The fourth-order valence-corrected chi connectivity index (χ4v) is 5.44. The summed E-state index contributed by atoms with van der Waals surface area (Å²) >= 11 is 10.3. The molecule has 0 spiro atoms. The van der Waals surface area contributed by atoms with E-state index in [9.17, 15) is 9.59 Å². The van der Waals surface area contributed by atoms with Gasteiger partial charge in [0.15, 0.2) is 11.5 Å². The molecule has 2 heterocycles. The smallest absolute Gasteiger partial charge is 0.335 e. The van der Waals surface area contributed by atoms with Crippen molar-refractivity contribution >= 4 is 62.2 Å². The lowest BCUT2D eigenvalue weighted by Gasteiger charge is -2.18. The fourth-order valence-electron chi connectivity index (χ4n) is 3.74. The zero-order valence-corrected chi connectivity index (χ0v) is 22.2. The summed E-state index contributed by atoms with van der Waals surface area (Å²) in [6.07, 6.45) is 3.77. The summed E-state index contributed by atoms with van der Waals surface area (Å²) in [5, 5.41) is 9.05. The van der Waals surface area contributed by atoms with Crippen molar-refractivity contribution in [3.63, 3.8) is 0 Å². The molecule has 7 nitrogen and oxygen atoms in total. The van der Waals surface area contributed by atoms with Crippen LogP contribution in [0.3, 0.4) is 0 Å². The lowest BCUT2D eigenvalue weighted by molar-refractivity contribution is -0.123. The van der Waals surface area contributed by atoms with Crippen molar-refractivity contribution in [3.8, 4) is 11.5 Å². The summed E-state index contributed by atoms with van der Waals surface area (Å²) in [6.45, 7) is 3.77. The minimum Gasteiger partial charge on any atom is -0.490 e. The Balaban J connectivity index is 1.51. The maximum absolute atomic E-state index is 13.0. The van der Waals surface area contributed by atoms with Gasteiger partial charge >= 0.3 is 5.97 Å². The van der Waals surface area contributed by atoms with Gasteiger partial charge in [0.1, 0.15) is 10.9 Å². The molecule has 2 aliphatic rings. The van der Waals surface area contributed by atoms with Crippen LogP contribution >= 0.6 is 39.9 Å². The normalized spacial score (nSPS) is 19.0. The Bertz CT molecular complexity index is 1160. The Morgan fingerprint density at radius 2 is 2.03 bits per heavy atom. The van der Waals surface area contributed by atoms with Crippen LogP contribution in [0.4, 0.5) is 0 Å². The van der Waals surface area contributed by atoms with Gasteiger partial charge in [-0.05, 0) is 61.2 Å². The van der Waals surface area contributed by atoms with Gasteiger partial charge in [-0.25, -0.2) is 4.79 Å². The standard InChI is InChI=1S/C25H24BrNO6S2/c1-2-31-20-10-17(11-22-23(28)27(25(34)35-22)13-18-4-3-9-32-18)19(26)12-21(20)33-14-15-5-7-16(8-6-15)24(29)30/h5-8,10-12,18H,2-4,9,13-14H2,1H3,(H,29,30)/b22-11-/t18-/m1/s1. The van der Waals surface area contributed by atoms with Gasteiger partial charge in [0.2, 0.25) is 0 Å². The highest BCUT2D eigenvalue weighted by atomic mass is 79.9. The van der Waals surface area contributed by atoms with Crippen molar-refractivity contribution in [1.29, 1.82) is 0 Å². The summed E-state index contributed by atoms with van der Waals surface area (Å²) in [5.41, 5.74) is 1.81. The van der Waals surface area contributed by atoms with E-state index in [2.05, 4.69) is 15.9 Å². The van der Waals surface area contributed by atoms with Crippen molar-refractivity contribution in [1.82, 2.24) is 4.90 Å². The van der Waals surface area contributed by atoms with Crippen LogP contribution < -0.4 is 9.47 Å². The van der Waals surface area contributed by atoms with Crippen LogP contribution in [0.5, 0.6) is 11.5 Å². The monoisotopic (exact) mass is 577 g/mol. The van der Waals surface area contributed by atoms with Crippen LogP contribution in [0.25, 0.3) is 6.08 Å². The molecule has 35 heavy (non-hydrogen) atoms. The number of hydrogen-bond acceptors (Lipinski definition) is 7. The lowest BCUT2D eigenvalue weighted by Crippen LogP contribution is -2.35. The highest BCUT2D eigenvalue weighted by Crippen LogP contribution is 2.39. The van der Waals surface area contributed by atoms with Crippen LogP contribution in [0.1, 0.15) is 41.3 Å². The molecular weight excluding hydrogens is 554 g/mol. The van der Waals surface area contributed by atoms with Crippen molar-refractivity contribution in [2.45, 2.75) is 32.5 Å². The molecule has 0 saturated carbocycles. The Morgan fingerprint density at radius 3 is 2.69 bits per heavy atom. The molecule has 0 unspecified atom stereocenters. The summed E-state index contributed by atoms with van der Waals surface area (Å²) < 4.78 is 18.7. The predicted molar refractivity (Wildman–Crippen MR) is 142 cm³/mol. The van der Waals surface area contributed by atoms with E-state index in [1.54, 1.807) is 41.3 Å². The minimum atomic E-state index is -0.973. The molecule has 1 atom stereocenters. The van der Waals surface area contributed by atoms with Gasteiger partial charge in [-0.1, -0.05) is 52.0 Å². The second kappa shape index (κ2) is 11.6. The van der Waals surface area contributed by atoms with E-state index in [4.69, 9.17) is 31.5 Å². The number of carbonyl (C=O) groups is 2. The zero-order valence-electron chi connectivity index (χ0n) is 19.0. The lowest BCUT2D eigenvalue weighted by atomic mass is 10.1. The number of ether oxygens (including phenoxy) is 3. The molecule has 184 valence electrons. The average Bonchev–Trinajstić information content (AvgIpc) is 3.44. The molecule has 0 aromatic heterocycles. The highest BCUT2D eigenvalue weighted by Gasteiger charge is 2.34. The Kier molecular flexibility index (Phi) is 8.48. The summed E-state index contributed by atoms with van der Waals surface area (Å²) in [5.74, 6) is -0.0204. The van der Waals surface area contributed by atoms with Crippen molar-refractivity contribution in [2.75, 3.05) is 19.8 Å². The van der Waals surface area contributed by atoms with E-state index in [0.29, 0.717) is 33.9 Å². The SMILES string of the molecule is CCOc1cc(/C=C2\SC(=S)N(C[C@H]3CCCO3)C2=O)c(Br)cc1OCc1ccc(C(=O)O)cc1. The molecule has 10 heteroatoms. The zero-order chi connectivity index (χ0) is 24.9. The molecule has 0 bridgehead atoms. The van der Waals surface area contributed by atoms with E-state index in [0.717, 1.165) is 35.0 Å². The maximum Gasteiger partial charge on any atom is 0.335 e. The van der Waals surface area contributed by atoms with Crippen LogP contribution in [-0.2, 0) is 16.1 Å². The van der Waals surface area contributed by atoms with Crippen molar-refractivity contribution < 1.29 is 28.9 Å². The largest absolute Gasteiger partial charge is 0.490 e. The number of hydrogen-bond donors (Lipinski definition) is 1. The number of halogens is 1. The first-order valence-corrected chi connectivity index (χ1v) is 13.2. The van der Waals surface area contributed by atoms with Crippen molar-refractivity contribution in [2.24, 2.45) is 0 Å². The molecule has 2 fully saturated rings. The van der Waals surface area contributed by atoms with Crippen LogP contribution in [0, 0.1) is 0 Å². The third-order valence-corrected chi connectivity index (χ3v) is 7.59. The fraction of sp³-hybridized carbons (Fsp3) is 0.320. The van der Waals surface area contributed by atoms with Gasteiger partial charge in [0.05, 0.1) is 29.7 Å². The molecule has 0 aliphatic carbocycles. The number of rotatable bonds is 9. The first-order valence-electron chi connectivity index (χ1n) is 11.1. The van der Waals surface area contributed by atoms with Crippen LogP contribution in [0.2, 0.25) is 0 Å². The number of thioether (sulfide) groups is 1. The highest BCUT2D eigenvalue weighted by molar-refractivity contribution is 9.10. The molecule has 2 aromatic rings. The molecule has 0 radical (unpaired) electrons. The predicted octanol–water partition coefficient (Wildman–Crippen LogP) is 5.51. The van der Waals surface area contributed by atoms with Gasteiger partial charge in [-0.15, -0.1) is 0 Å². The van der Waals surface area contributed by atoms with Gasteiger partial charge in [-0.2, -0.15) is 0 Å². The quantitative estimate of drug-likeness (QED) is 0.308. The second-order valence-electron chi connectivity index (χ2n) is 7.97. The third kappa shape index (κ3) is 6.24. The van der Waals surface area contributed by atoms with E-state index < -0.39 is 5.97 Å². The Hall–Kier alpha value is -2.40. The number of aromatic carboxylic acids is 1. The number of carboxylic acid groups (broad SMARTS) is 1. The first-order chi connectivity index (χ1) is 16.9.